The summed E-state index contributed by atoms with van der Waals surface area (Å²) in [6, 6.07) is 4.30. The van der Waals surface area contributed by atoms with Crippen molar-refractivity contribution in [2.75, 3.05) is 20.8 Å². The Morgan fingerprint density at radius 2 is 1.94 bits per heavy atom. The maximum absolute atomic E-state index is 14.7. The summed E-state index contributed by atoms with van der Waals surface area (Å²) in [5.41, 5.74) is 0.601. The van der Waals surface area contributed by atoms with Crippen molar-refractivity contribution in [1.29, 1.82) is 0 Å². The summed E-state index contributed by atoms with van der Waals surface area (Å²) in [5, 5.41) is 11.2. The van der Waals surface area contributed by atoms with E-state index >= 15 is 0 Å². The van der Waals surface area contributed by atoms with Gasteiger partial charge < -0.3 is 14.8 Å². The Kier molecular flexibility index (Phi) is 7.77. The standard InChI is InChI=1S/C24H32FN5O4/c1-33-19-10-9-16(20(25)12-19)13-29-14-18(30-15-21(27-28-30)24(32)34-2)11-22(29)23(31)26-17-7-5-3-4-6-8-17/h9-10,12,15,17-18,22H,3-8,11,13-14H2,1-2H3,(H,26,31)/t18-,22+/m1/s1. The lowest BCUT2D eigenvalue weighted by Gasteiger charge is -2.26. The van der Waals surface area contributed by atoms with Gasteiger partial charge in [0.25, 0.3) is 0 Å². The summed E-state index contributed by atoms with van der Waals surface area (Å²) in [6.07, 6.45) is 8.64. The van der Waals surface area contributed by atoms with Crippen molar-refractivity contribution in [1.82, 2.24) is 25.2 Å². The molecule has 2 aromatic rings. The van der Waals surface area contributed by atoms with Crippen LogP contribution >= 0.6 is 0 Å². The van der Waals surface area contributed by atoms with Crippen LogP contribution in [0.15, 0.2) is 24.4 Å². The lowest BCUT2D eigenvalue weighted by atomic mass is 10.1. The van der Waals surface area contributed by atoms with Gasteiger partial charge >= 0.3 is 5.97 Å². The molecule has 1 saturated heterocycles. The van der Waals surface area contributed by atoms with Crippen LogP contribution in [0, 0.1) is 5.82 Å². The Morgan fingerprint density at radius 3 is 2.62 bits per heavy atom. The fraction of sp³-hybridized carbons (Fsp3) is 0.583. The van der Waals surface area contributed by atoms with Crippen LogP contribution in [-0.2, 0) is 16.1 Å². The third-order valence-corrected chi connectivity index (χ3v) is 6.80. The molecule has 0 bridgehead atoms. The molecule has 34 heavy (non-hydrogen) atoms. The lowest BCUT2D eigenvalue weighted by Crippen LogP contribution is -2.46. The van der Waals surface area contributed by atoms with E-state index in [1.807, 2.05) is 4.90 Å². The molecule has 4 rings (SSSR count). The van der Waals surface area contributed by atoms with Crippen molar-refractivity contribution in [2.24, 2.45) is 0 Å². The van der Waals surface area contributed by atoms with Gasteiger partial charge in [-0.25, -0.2) is 13.9 Å². The Labute approximate surface area is 198 Å². The number of hydrogen-bond donors (Lipinski definition) is 1. The topological polar surface area (TPSA) is 98.6 Å². The monoisotopic (exact) mass is 473 g/mol. The average Bonchev–Trinajstić information content (AvgIpc) is 3.42. The van der Waals surface area contributed by atoms with Crippen molar-refractivity contribution in [3.05, 3.63) is 41.5 Å². The molecule has 0 radical (unpaired) electrons. The average molecular weight is 474 g/mol. The van der Waals surface area contributed by atoms with Crippen LogP contribution in [0.25, 0.3) is 0 Å². The number of ether oxygens (including phenoxy) is 2. The van der Waals surface area contributed by atoms with Crippen LogP contribution in [0.4, 0.5) is 4.39 Å². The van der Waals surface area contributed by atoms with Gasteiger partial charge in [-0.05, 0) is 25.3 Å². The first kappa shape index (κ1) is 24.1. The SMILES string of the molecule is COC(=O)c1cn([C@@H]2C[C@@H](C(=O)NC3CCCCCC3)N(Cc3ccc(OC)cc3F)C2)nn1. The van der Waals surface area contributed by atoms with E-state index in [1.54, 1.807) is 16.8 Å². The van der Waals surface area contributed by atoms with Crippen molar-refractivity contribution >= 4 is 11.9 Å². The molecule has 0 spiro atoms. The summed E-state index contributed by atoms with van der Waals surface area (Å²) in [5.74, 6) is -0.540. The summed E-state index contributed by atoms with van der Waals surface area (Å²) in [4.78, 5) is 27.1. The zero-order chi connectivity index (χ0) is 24.1. The minimum Gasteiger partial charge on any atom is -0.497 e. The molecular weight excluding hydrogens is 441 g/mol. The molecule has 9 nitrogen and oxygen atoms in total. The van der Waals surface area contributed by atoms with Gasteiger partial charge in [-0.15, -0.1) is 5.10 Å². The quantitative estimate of drug-likeness (QED) is 0.488. The smallest absolute Gasteiger partial charge is 0.360 e. The van der Waals surface area contributed by atoms with Crippen molar-refractivity contribution in [3.8, 4) is 5.75 Å². The van der Waals surface area contributed by atoms with Crippen LogP contribution in [0.3, 0.4) is 0 Å². The first-order chi connectivity index (χ1) is 16.5. The molecule has 1 aromatic heterocycles. The van der Waals surface area contributed by atoms with E-state index in [9.17, 15) is 14.0 Å². The van der Waals surface area contributed by atoms with E-state index < -0.39 is 12.0 Å². The number of benzene rings is 1. The Morgan fingerprint density at radius 1 is 1.18 bits per heavy atom. The maximum Gasteiger partial charge on any atom is 0.360 e. The molecule has 0 unspecified atom stereocenters. The minimum absolute atomic E-state index is 0.0448. The van der Waals surface area contributed by atoms with Crippen molar-refractivity contribution in [3.63, 3.8) is 0 Å². The van der Waals surface area contributed by atoms with Crippen LogP contribution < -0.4 is 10.1 Å². The van der Waals surface area contributed by atoms with Gasteiger partial charge in [-0.3, -0.25) is 9.69 Å². The fourth-order valence-electron chi connectivity index (χ4n) is 4.89. The number of likely N-dealkylation sites (tertiary alicyclic amines) is 1. The highest BCUT2D eigenvalue weighted by molar-refractivity contribution is 5.86. The third-order valence-electron chi connectivity index (χ3n) is 6.80. The van der Waals surface area contributed by atoms with E-state index in [1.165, 1.54) is 39.3 Å². The Bertz CT molecular complexity index is 1000. The lowest BCUT2D eigenvalue weighted by molar-refractivity contribution is -0.126. The molecule has 1 aliphatic heterocycles. The number of rotatable bonds is 7. The molecule has 1 aromatic carbocycles. The van der Waals surface area contributed by atoms with Crippen LogP contribution in [0.5, 0.6) is 5.75 Å². The first-order valence-corrected chi connectivity index (χ1v) is 11.9. The molecule has 10 heteroatoms. The number of hydrogen-bond acceptors (Lipinski definition) is 7. The first-order valence-electron chi connectivity index (χ1n) is 11.9. The highest BCUT2D eigenvalue weighted by Gasteiger charge is 2.39. The van der Waals surface area contributed by atoms with E-state index in [2.05, 4.69) is 15.6 Å². The van der Waals surface area contributed by atoms with Crippen molar-refractivity contribution < 1.29 is 23.5 Å². The van der Waals surface area contributed by atoms with Gasteiger partial charge in [0, 0.05) is 30.8 Å². The molecule has 2 fully saturated rings. The van der Waals surface area contributed by atoms with Gasteiger partial charge in [0.1, 0.15) is 11.6 Å². The van der Waals surface area contributed by atoms with Gasteiger partial charge in [0.05, 0.1) is 32.5 Å². The van der Waals surface area contributed by atoms with Crippen LogP contribution in [0.1, 0.15) is 67.0 Å². The minimum atomic E-state index is -0.566. The molecule has 2 heterocycles. The number of methoxy groups -OCH3 is 2. The number of nitrogens with one attached hydrogen (secondary N) is 1. The molecule has 1 aliphatic carbocycles. The van der Waals surface area contributed by atoms with E-state index in [4.69, 9.17) is 9.47 Å². The molecular formula is C24H32FN5O4. The van der Waals surface area contributed by atoms with Crippen molar-refractivity contribution in [2.45, 2.75) is 69.6 Å². The second-order valence-electron chi connectivity index (χ2n) is 9.06. The van der Waals surface area contributed by atoms with Gasteiger partial charge in [0.2, 0.25) is 5.91 Å². The van der Waals surface area contributed by atoms with Crippen LogP contribution in [0.2, 0.25) is 0 Å². The number of esters is 1. The summed E-state index contributed by atoms with van der Waals surface area (Å²) < 4.78 is 26.1. The maximum atomic E-state index is 14.7. The van der Waals surface area contributed by atoms with Gasteiger partial charge in [-0.1, -0.05) is 37.0 Å². The zero-order valence-corrected chi connectivity index (χ0v) is 19.7. The molecule has 1 saturated carbocycles. The number of amides is 1. The van der Waals surface area contributed by atoms with E-state index in [0.717, 1.165) is 25.7 Å². The Hall–Kier alpha value is -3.01. The number of nitrogens with zero attached hydrogens (tertiary/aromatic N) is 4. The molecule has 2 aliphatic rings. The molecule has 1 N–H and O–H groups in total. The zero-order valence-electron chi connectivity index (χ0n) is 19.7. The normalized spacial score (nSPS) is 21.7. The predicted molar refractivity (Wildman–Crippen MR) is 122 cm³/mol. The number of carbonyl (C=O) groups excluding carboxylic acids is 2. The molecule has 184 valence electrons. The summed E-state index contributed by atoms with van der Waals surface area (Å²) in [6.45, 7) is 0.742. The fourth-order valence-corrected chi connectivity index (χ4v) is 4.89. The van der Waals surface area contributed by atoms with E-state index in [-0.39, 0.29) is 36.0 Å². The predicted octanol–water partition coefficient (Wildman–Crippen LogP) is 2.87. The largest absolute Gasteiger partial charge is 0.497 e. The summed E-state index contributed by atoms with van der Waals surface area (Å²) in [7, 11) is 2.78. The summed E-state index contributed by atoms with van der Waals surface area (Å²) >= 11 is 0. The van der Waals surface area contributed by atoms with Gasteiger partial charge in [0.15, 0.2) is 5.69 Å². The highest BCUT2D eigenvalue weighted by Crippen LogP contribution is 2.30. The number of aromatic nitrogens is 3. The highest BCUT2D eigenvalue weighted by atomic mass is 19.1. The number of carbonyl (C=O) groups is 2. The van der Waals surface area contributed by atoms with E-state index in [0.29, 0.717) is 24.3 Å². The second-order valence-corrected chi connectivity index (χ2v) is 9.06. The molecule has 2 atom stereocenters. The van der Waals surface area contributed by atoms with Gasteiger partial charge in [-0.2, -0.15) is 0 Å². The number of halogens is 1. The Balaban J connectivity index is 1.53. The molecule has 1 amide bonds. The van der Waals surface area contributed by atoms with Crippen LogP contribution in [-0.4, -0.2) is 64.6 Å². The second kappa shape index (κ2) is 10.9. The third kappa shape index (κ3) is 5.55.